The van der Waals surface area contributed by atoms with Crippen molar-refractivity contribution in [3.63, 3.8) is 0 Å². The molecule has 0 amide bonds. The maximum atomic E-state index is 5.64. The fourth-order valence-corrected chi connectivity index (χ4v) is 2.33. The molecule has 0 aliphatic carbocycles. The summed E-state index contributed by atoms with van der Waals surface area (Å²) in [6.45, 7) is 3.08. The van der Waals surface area contributed by atoms with Gasteiger partial charge in [0, 0.05) is 32.1 Å². The van der Waals surface area contributed by atoms with Crippen LogP contribution in [0.5, 0.6) is 0 Å². The molecule has 1 rings (SSSR count). The monoisotopic (exact) mass is 230 g/mol. The second-order valence-corrected chi connectivity index (χ2v) is 4.53. The second-order valence-electron chi connectivity index (χ2n) is 3.37. The van der Waals surface area contributed by atoms with Gasteiger partial charge in [0.25, 0.3) is 0 Å². The molecular weight excluding hydrogens is 212 g/mol. The summed E-state index contributed by atoms with van der Waals surface area (Å²) in [6.07, 6.45) is 1.02. The lowest BCUT2D eigenvalue weighted by atomic mass is 10.3. The van der Waals surface area contributed by atoms with Crippen molar-refractivity contribution in [2.75, 3.05) is 14.2 Å². The van der Waals surface area contributed by atoms with E-state index in [1.165, 1.54) is 0 Å². The predicted octanol–water partition coefficient (Wildman–Crippen LogP) is 1.33. The Balaban J connectivity index is 2.73. The van der Waals surface area contributed by atoms with Gasteiger partial charge in [0.05, 0.1) is 23.4 Å². The van der Waals surface area contributed by atoms with E-state index in [2.05, 4.69) is 4.98 Å². The Kier molecular flexibility index (Phi) is 5.17. The topological polar surface area (TPSA) is 57.4 Å². The Bertz CT molecular complexity index is 302. The first-order valence-electron chi connectivity index (χ1n) is 4.90. The van der Waals surface area contributed by atoms with E-state index in [0.717, 1.165) is 22.0 Å². The van der Waals surface area contributed by atoms with Gasteiger partial charge in [0.2, 0.25) is 0 Å². The highest BCUT2D eigenvalue weighted by Crippen LogP contribution is 2.20. The zero-order valence-electron chi connectivity index (χ0n) is 9.45. The summed E-state index contributed by atoms with van der Waals surface area (Å²) in [7, 11) is 3.37. The number of rotatable bonds is 6. The molecule has 0 radical (unpaired) electrons. The molecular formula is C10H18N2O2S. The molecule has 0 spiro atoms. The van der Waals surface area contributed by atoms with Crippen molar-refractivity contribution in [3.8, 4) is 0 Å². The van der Waals surface area contributed by atoms with Gasteiger partial charge in [-0.15, -0.1) is 11.3 Å². The van der Waals surface area contributed by atoms with Gasteiger partial charge in [-0.3, -0.25) is 0 Å². The SMILES string of the molecule is COCc1nc(CC(C)OC)sc1CN. The van der Waals surface area contributed by atoms with Gasteiger partial charge in [-0.2, -0.15) is 0 Å². The van der Waals surface area contributed by atoms with Crippen LogP contribution in [0, 0.1) is 0 Å². The van der Waals surface area contributed by atoms with E-state index >= 15 is 0 Å². The Labute approximate surface area is 94.4 Å². The van der Waals surface area contributed by atoms with Crippen LogP contribution >= 0.6 is 11.3 Å². The average Bonchev–Trinajstić information content (AvgIpc) is 2.61. The highest BCUT2D eigenvalue weighted by Gasteiger charge is 2.11. The van der Waals surface area contributed by atoms with Gasteiger partial charge in [0.15, 0.2) is 0 Å². The van der Waals surface area contributed by atoms with Gasteiger partial charge in [-0.25, -0.2) is 4.98 Å². The molecule has 0 bridgehead atoms. The molecule has 1 aromatic rings. The number of nitrogens with two attached hydrogens (primary N) is 1. The van der Waals surface area contributed by atoms with Crippen molar-refractivity contribution < 1.29 is 9.47 Å². The van der Waals surface area contributed by atoms with Crippen molar-refractivity contribution in [1.29, 1.82) is 0 Å². The van der Waals surface area contributed by atoms with Crippen molar-refractivity contribution in [2.24, 2.45) is 5.73 Å². The number of thiazole rings is 1. The quantitative estimate of drug-likeness (QED) is 0.801. The van der Waals surface area contributed by atoms with Crippen LogP contribution in [0.3, 0.4) is 0 Å². The number of hydrogen-bond acceptors (Lipinski definition) is 5. The lowest BCUT2D eigenvalue weighted by molar-refractivity contribution is 0.118. The molecule has 0 saturated carbocycles. The molecule has 1 unspecified atom stereocenters. The highest BCUT2D eigenvalue weighted by molar-refractivity contribution is 7.11. The Hall–Kier alpha value is -0.490. The molecule has 1 atom stereocenters. The molecule has 0 aliphatic rings. The lowest BCUT2D eigenvalue weighted by Crippen LogP contribution is -2.08. The third kappa shape index (κ3) is 3.53. The van der Waals surface area contributed by atoms with Gasteiger partial charge < -0.3 is 15.2 Å². The number of aromatic nitrogens is 1. The standard InChI is InChI=1S/C10H18N2O2S/c1-7(14-3)4-10-12-8(6-13-2)9(5-11)15-10/h7H,4-6,11H2,1-3H3. The van der Waals surface area contributed by atoms with Gasteiger partial charge in [0.1, 0.15) is 0 Å². The van der Waals surface area contributed by atoms with Crippen LogP contribution in [0.25, 0.3) is 0 Å². The maximum absolute atomic E-state index is 5.64. The fraction of sp³-hybridized carbons (Fsp3) is 0.700. The summed E-state index contributed by atoms with van der Waals surface area (Å²) in [6, 6.07) is 0. The molecule has 1 heterocycles. The van der Waals surface area contributed by atoms with E-state index in [0.29, 0.717) is 13.2 Å². The molecule has 0 fully saturated rings. The van der Waals surface area contributed by atoms with E-state index in [-0.39, 0.29) is 6.10 Å². The largest absolute Gasteiger partial charge is 0.381 e. The summed E-state index contributed by atoms with van der Waals surface area (Å²) in [5.74, 6) is 0. The van der Waals surface area contributed by atoms with Crippen LogP contribution < -0.4 is 5.73 Å². The summed E-state index contributed by atoms with van der Waals surface area (Å²) in [4.78, 5) is 5.60. The van der Waals surface area contributed by atoms with Crippen molar-refractivity contribution in [2.45, 2.75) is 32.6 Å². The normalized spacial score (nSPS) is 13.1. The van der Waals surface area contributed by atoms with Crippen LogP contribution in [-0.2, 0) is 29.0 Å². The zero-order valence-corrected chi connectivity index (χ0v) is 10.3. The molecule has 0 aliphatic heterocycles. The van der Waals surface area contributed by atoms with Gasteiger partial charge in [-0.05, 0) is 6.92 Å². The summed E-state index contributed by atoms with van der Waals surface area (Å²) < 4.78 is 10.3. The predicted molar refractivity (Wildman–Crippen MR) is 60.9 cm³/mol. The minimum Gasteiger partial charge on any atom is -0.381 e. The van der Waals surface area contributed by atoms with E-state index in [4.69, 9.17) is 15.2 Å². The maximum Gasteiger partial charge on any atom is 0.0958 e. The molecule has 0 aromatic carbocycles. The van der Waals surface area contributed by atoms with Crippen LogP contribution in [0.1, 0.15) is 22.5 Å². The van der Waals surface area contributed by atoms with Gasteiger partial charge in [-0.1, -0.05) is 0 Å². The summed E-state index contributed by atoms with van der Waals surface area (Å²) in [5.41, 5.74) is 6.60. The van der Waals surface area contributed by atoms with Crippen molar-refractivity contribution in [3.05, 3.63) is 15.6 Å². The number of methoxy groups -OCH3 is 2. The Morgan fingerprint density at radius 1 is 1.47 bits per heavy atom. The van der Waals surface area contributed by atoms with Crippen LogP contribution in [0.15, 0.2) is 0 Å². The van der Waals surface area contributed by atoms with E-state index in [1.807, 2.05) is 6.92 Å². The Morgan fingerprint density at radius 2 is 2.20 bits per heavy atom. The minimum atomic E-state index is 0.192. The van der Waals surface area contributed by atoms with Gasteiger partial charge >= 0.3 is 0 Å². The first kappa shape index (κ1) is 12.6. The Morgan fingerprint density at radius 3 is 2.73 bits per heavy atom. The van der Waals surface area contributed by atoms with Crippen LogP contribution in [0.4, 0.5) is 0 Å². The average molecular weight is 230 g/mol. The molecule has 15 heavy (non-hydrogen) atoms. The molecule has 0 saturated heterocycles. The molecule has 86 valence electrons. The number of ether oxygens (including phenoxy) is 2. The minimum absolute atomic E-state index is 0.192. The van der Waals surface area contributed by atoms with E-state index in [1.54, 1.807) is 25.6 Å². The fourth-order valence-electron chi connectivity index (χ4n) is 1.26. The summed E-state index contributed by atoms with van der Waals surface area (Å²) in [5, 5.41) is 1.07. The van der Waals surface area contributed by atoms with Crippen molar-refractivity contribution >= 4 is 11.3 Å². The molecule has 4 nitrogen and oxygen atoms in total. The third-order valence-corrected chi connectivity index (χ3v) is 3.30. The smallest absolute Gasteiger partial charge is 0.0958 e. The lowest BCUT2D eigenvalue weighted by Gasteiger charge is -2.05. The third-order valence-electron chi connectivity index (χ3n) is 2.15. The second kappa shape index (κ2) is 6.17. The van der Waals surface area contributed by atoms with Crippen LogP contribution in [0.2, 0.25) is 0 Å². The zero-order chi connectivity index (χ0) is 11.3. The van der Waals surface area contributed by atoms with E-state index < -0.39 is 0 Å². The van der Waals surface area contributed by atoms with Crippen LogP contribution in [-0.4, -0.2) is 25.3 Å². The molecule has 5 heteroatoms. The van der Waals surface area contributed by atoms with Crippen molar-refractivity contribution in [1.82, 2.24) is 4.98 Å². The highest BCUT2D eigenvalue weighted by atomic mass is 32.1. The molecule has 2 N–H and O–H groups in total. The molecule has 1 aromatic heterocycles. The number of nitrogens with zero attached hydrogens (tertiary/aromatic N) is 1. The van der Waals surface area contributed by atoms with E-state index in [9.17, 15) is 0 Å². The summed E-state index contributed by atoms with van der Waals surface area (Å²) >= 11 is 1.65. The number of hydrogen-bond donors (Lipinski definition) is 1. The first-order valence-corrected chi connectivity index (χ1v) is 5.72. The first-order chi connectivity index (χ1) is 7.21.